The molecular weight excluding hydrogens is 460 g/mol. The van der Waals surface area contributed by atoms with Crippen LogP contribution in [0.3, 0.4) is 0 Å². The SMILES string of the molecule is C1=CS/C(=C2\C3=NC(=CC4=NC(=C(c5cncs5)c5ccc([nH]5)C=C5C=CC2=N5)C=C4)C=C3)N1. The Morgan fingerprint density at radius 1 is 0.794 bits per heavy atom. The number of aromatic nitrogens is 2. The van der Waals surface area contributed by atoms with E-state index in [9.17, 15) is 0 Å². The average Bonchev–Trinajstić information content (AvgIpc) is 3.67. The molecular formula is C26H16N6S2. The molecule has 2 N–H and O–H groups in total. The molecule has 2 aromatic rings. The fourth-order valence-corrected chi connectivity index (χ4v) is 5.65. The van der Waals surface area contributed by atoms with Gasteiger partial charge in [0.2, 0.25) is 0 Å². The number of fused-ring (bicyclic) bond motifs is 5. The number of hydrogen-bond donors (Lipinski definition) is 2. The highest BCUT2D eigenvalue weighted by Crippen LogP contribution is 2.34. The summed E-state index contributed by atoms with van der Waals surface area (Å²) in [7, 11) is 0. The Labute approximate surface area is 203 Å². The number of thioether (sulfide) groups is 1. The molecule has 2 aromatic heterocycles. The molecule has 0 unspecified atom stereocenters. The van der Waals surface area contributed by atoms with Crippen LogP contribution in [-0.4, -0.2) is 27.1 Å². The van der Waals surface area contributed by atoms with Crippen LogP contribution in [0.25, 0.3) is 11.6 Å². The number of aromatic amines is 1. The summed E-state index contributed by atoms with van der Waals surface area (Å²) in [6, 6.07) is 4.16. The molecule has 8 bridgehead atoms. The van der Waals surface area contributed by atoms with Gasteiger partial charge in [0.25, 0.3) is 0 Å². The minimum Gasteiger partial charge on any atom is -0.355 e. The summed E-state index contributed by atoms with van der Waals surface area (Å²) < 4.78 is 0. The Kier molecular flexibility index (Phi) is 4.46. The first-order valence-corrected chi connectivity index (χ1v) is 12.5. The Morgan fingerprint density at radius 2 is 1.65 bits per heavy atom. The van der Waals surface area contributed by atoms with Crippen molar-refractivity contribution in [1.29, 1.82) is 0 Å². The van der Waals surface area contributed by atoms with Crippen LogP contribution in [0.4, 0.5) is 0 Å². The number of rotatable bonds is 1. The van der Waals surface area contributed by atoms with Gasteiger partial charge in [0.1, 0.15) is 0 Å². The van der Waals surface area contributed by atoms with Gasteiger partial charge in [-0.3, -0.25) is 4.98 Å². The van der Waals surface area contributed by atoms with Crippen LogP contribution in [0.1, 0.15) is 16.3 Å². The van der Waals surface area contributed by atoms with Gasteiger partial charge in [-0.25, -0.2) is 15.0 Å². The molecule has 7 heterocycles. The summed E-state index contributed by atoms with van der Waals surface area (Å²) in [5.74, 6) is 0. The first-order chi connectivity index (χ1) is 16.8. The number of allylic oxidation sites excluding steroid dienone is 8. The smallest absolute Gasteiger partial charge is 0.0882 e. The molecule has 0 saturated carbocycles. The molecule has 0 aliphatic carbocycles. The van der Waals surface area contributed by atoms with Crippen LogP contribution >= 0.6 is 23.1 Å². The van der Waals surface area contributed by atoms with Crippen LogP contribution in [0.2, 0.25) is 0 Å². The third-order valence-corrected chi connectivity index (χ3v) is 7.32. The minimum absolute atomic E-state index is 0.862. The van der Waals surface area contributed by atoms with E-state index < -0.39 is 0 Å². The van der Waals surface area contributed by atoms with Crippen molar-refractivity contribution >= 4 is 51.9 Å². The number of thiazole rings is 1. The van der Waals surface area contributed by atoms with Crippen molar-refractivity contribution in [3.8, 4) is 0 Å². The monoisotopic (exact) mass is 476 g/mol. The summed E-state index contributed by atoms with van der Waals surface area (Å²) in [6.45, 7) is 0. The normalized spacial score (nSPS) is 22.2. The highest BCUT2D eigenvalue weighted by molar-refractivity contribution is 8.06. The predicted molar refractivity (Wildman–Crippen MR) is 142 cm³/mol. The van der Waals surface area contributed by atoms with Gasteiger partial charge in [0.05, 0.1) is 55.2 Å². The van der Waals surface area contributed by atoms with Crippen molar-refractivity contribution in [3.05, 3.63) is 122 Å². The first kappa shape index (κ1) is 19.5. The van der Waals surface area contributed by atoms with E-state index >= 15 is 0 Å². The van der Waals surface area contributed by atoms with Crippen molar-refractivity contribution < 1.29 is 0 Å². The lowest BCUT2D eigenvalue weighted by molar-refractivity contribution is 1.18. The van der Waals surface area contributed by atoms with E-state index in [2.05, 4.69) is 39.6 Å². The number of H-pyrrole nitrogens is 1. The van der Waals surface area contributed by atoms with Crippen molar-refractivity contribution in [3.63, 3.8) is 0 Å². The summed E-state index contributed by atoms with van der Waals surface area (Å²) in [4.78, 5) is 23.6. The van der Waals surface area contributed by atoms with E-state index in [0.29, 0.717) is 0 Å². The highest BCUT2D eigenvalue weighted by Gasteiger charge is 2.23. The molecule has 0 amide bonds. The van der Waals surface area contributed by atoms with E-state index in [-0.39, 0.29) is 0 Å². The van der Waals surface area contributed by atoms with Gasteiger partial charge in [0.15, 0.2) is 0 Å². The summed E-state index contributed by atoms with van der Waals surface area (Å²) in [5.41, 5.74) is 11.1. The van der Waals surface area contributed by atoms with E-state index in [0.717, 1.165) is 66.7 Å². The standard InChI is InChI=1S/C26H16N6S2/c1-5-19-24(23-13-27-14-34-23)20-6-2-16(30-20)12-18-4-8-22(32-18)25(26-28-9-10-33-26)21-7-3-17(31-21)11-15(1)29-19/h1-14,28-29H/b17-11?,18-12?,24-20?,26-25-. The zero-order chi connectivity index (χ0) is 22.5. The lowest BCUT2D eigenvalue weighted by Gasteiger charge is -2.09. The second kappa shape index (κ2) is 7.79. The summed E-state index contributed by atoms with van der Waals surface area (Å²) in [6.07, 6.45) is 20.1. The molecule has 0 radical (unpaired) electrons. The van der Waals surface area contributed by atoms with Crippen LogP contribution in [-0.2, 0) is 0 Å². The largest absolute Gasteiger partial charge is 0.355 e. The van der Waals surface area contributed by atoms with Gasteiger partial charge >= 0.3 is 0 Å². The first-order valence-electron chi connectivity index (χ1n) is 10.7. The number of nitrogens with zero attached hydrogens (tertiary/aromatic N) is 4. The minimum atomic E-state index is 0.862. The second-order valence-corrected chi connectivity index (χ2v) is 9.69. The molecule has 0 saturated heterocycles. The Balaban J connectivity index is 1.45. The van der Waals surface area contributed by atoms with Crippen molar-refractivity contribution in [1.82, 2.24) is 15.3 Å². The second-order valence-electron chi connectivity index (χ2n) is 7.89. The van der Waals surface area contributed by atoms with Gasteiger partial charge in [0, 0.05) is 29.4 Å². The summed E-state index contributed by atoms with van der Waals surface area (Å²) >= 11 is 3.24. The molecule has 5 aliphatic heterocycles. The lowest BCUT2D eigenvalue weighted by atomic mass is 10.1. The summed E-state index contributed by atoms with van der Waals surface area (Å²) in [5, 5.41) is 6.38. The lowest BCUT2D eigenvalue weighted by Crippen LogP contribution is -2.14. The van der Waals surface area contributed by atoms with Gasteiger partial charge in [-0.05, 0) is 66.1 Å². The fourth-order valence-electron chi connectivity index (χ4n) is 4.22. The Morgan fingerprint density at radius 3 is 2.41 bits per heavy atom. The number of nitrogens with one attached hydrogen (secondary N) is 2. The predicted octanol–water partition coefficient (Wildman–Crippen LogP) is 5.52. The van der Waals surface area contributed by atoms with E-state index in [1.165, 1.54) is 0 Å². The molecule has 0 fully saturated rings. The van der Waals surface area contributed by atoms with Gasteiger partial charge < -0.3 is 10.3 Å². The molecule has 7 rings (SSSR count). The maximum atomic E-state index is 4.92. The fraction of sp³-hybridized carbons (Fsp3) is 0. The van der Waals surface area contributed by atoms with E-state index in [1.54, 1.807) is 23.1 Å². The van der Waals surface area contributed by atoms with E-state index in [1.807, 2.05) is 59.8 Å². The Hall–Kier alpha value is -4.01. The quantitative estimate of drug-likeness (QED) is 0.569. The van der Waals surface area contributed by atoms with Crippen molar-refractivity contribution in [2.75, 3.05) is 0 Å². The van der Waals surface area contributed by atoms with Crippen molar-refractivity contribution in [2.24, 2.45) is 15.0 Å². The highest BCUT2D eigenvalue weighted by atomic mass is 32.2. The topological polar surface area (TPSA) is 77.8 Å². The number of aliphatic imine (C=N–C) groups is 3. The maximum absolute atomic E-state index is 4.92. The van der Waals surface area contributed by atoms with Crippen LogP contribution in [0, 0.1) is 0 Å². The molecule has 0 spiro atoms. The molecule has 0 aromatic carbocycles. The average molecular weight is 477 g/mol. The zero-order valence-corrected chi connectivity index (χ0v) is 19.3. The van der Waals surface area contributed by atoms with Crippen LogP contribution in [0.5, 0.6) is 0 Å². The van der Waals surface area contributed by atoms with Crippen LogP contribution in [0.15, 0.2) is 121 Å². The maximum Gasteiger partial charge on any atom is 0.0882 e. The van der Waals surface area contributed by atoms with Crippen molar-refractivity contribution in [2.45, 2.75) is 0 Å². The van der Waals surface area contributed by atoms with E-state index in [4.69, 9.17) is 15.0 Å². The third kappa shape index (κ3) is 3.35. The molecule has 6 nitrogen and oxygen atoms in total. The number of hydrogen-bond acceptors (Lipinski definition) is 7. The molecule has 5 aliphatic rings. The van der Waals surface area contributed by atoms with Crippen LogP contribution < -0.4 is 5.32 Å². The molecule has 8 heteroatoms. The van der Waals surface area contributed by atoms with Gasteiger partial charge in [-0.1, -0.05) is 11.8 Å². The Bertz CT molecular complexity index is 1570. The zero-order valence-electron chi connectivity index (χ0n) is 17.7. The van der Waals surface area contributed by atoms with Gasteiger partial charge in [-0.15, -0.1) is 11.3 Å². The van der Waals surface area contributed by atoms with Gasteiger partial charge in [-0.2, -0.15) is 0 Å². The molecule has 34 heavy (non-hydrogen) atoms. The molecule has 0 atom stereocenters. The third-order valence-electron chi connectivity index (χ3n) is 5.70. The molecule has 162 valence electrons.